The minimum atomic E-state index is -0.640. The summed E-state index contributed by atoms with van der Waals surface area (Å²) in [6.45, 7) is -0.428. The van der Waals surface area contributed by atoms with Gasteiger partial charge in [0.05, 0.1) is 17.1 Å². The molecule has 0 radical (unpaired) electrons. The Kier molecular flexibility index (Phi) is 6.45. The van der Waals surface area contributed by atoms with Crippen molar-refractivity contribution in [3.8, 4) is 16.9 Å². The summed E-state index contributed by atoms with van der Waals surface area (Å²) in [5, 5.41) is 5.23. The molecule has 0 bridgehead atoms. The molecular formula is C30H20ClN3O3S. The second kappa shape index (κ2) is 10.2. The van der Waals surface area contributed by atoms with E-state index in [0.29, 0.717) is 16.3 Å². The first-order chi connectivity index (χ1) is 18.6. The minimum Gasteiger partial charge on any atom is -0.452 e. The molecule has 1 aromatic heterocycles. The predicted molar refractivity (Wildman–Crippen MR) is 148 cm³/mol. The number of rotatable bonds is 5. The second-order valence-electron chi connectivity index (χ2n) is 8.52. The molecule has 0 atom stereocenters. The molecule has 2 heterocycles. The zero-order valence-electron chi connectivity index (χ0n) is 20.0. The van der Waals surface area contributed by atoms with Crippen LogP contribution >= 0.6 is 23.4 Å². The molecule has 8 heteroatoms. The van der Waals surface area contributed by atoms with Crippen LogP contribution in [0.5, 0.6) is 0 Å². The molecule has 0 aliphatic carbocycles. The first-order valence-electron chi connectivity index (χ1n) is 11.9. The Morgan fingerprint density at radius 3 is 2.05 bits per heavy atom. The van der Waals surface area contributed by atoms with Gasteiger partial charge in [0.1, 0.15) is 11.3 Å². The molecule has 0 spiro atoms. The lowest BCUT2D eigenvalue weighted by molar-refractivity contribution is -0.121. The number of amides is 1. The van der Waals surface area contributed by atoms with Gasteiger partial charge in [0, 0.05) is 26.6 Å². The van der Waals surface area contributed by atoms with E-state index in [1.807, 2.05) is 78.9 Å². The number of hydrogen-bond donors (Lipinski definition) is 0. The van der Waals surface area contributed by atoms with E-state index < -0.39 is 12.6 Å². The molecule has 1 amide bonds. The Morgan fingerprint density at radius 1 is 0.789 bits per heavy atom. The number of anilines is 2. The molecule has 0 saturated heterocycles. The minimum absolute atomic E-state index is 0.249. The summed E-state index contributed by atoms with van der Waals surface area (Å²) in [4.78, 5) is 30.4. The van der Waals surface area contributed by atoms with E-state index in [0.717, 1.165) is 26.9 Å². The first kappa shape index (κ1) is 24.0. The first-order valence-corrected chi connectivity index (χ1v) is 13.0. The summed E-state index contributed by atoms with van der Waals surface area (Å²) < 4.78 is 7.21. The van der Waals surface area contributed by atoms with E-state index in [-0.39, 0.29) is 11.5 Å². The van der Waals surface area contributed by atoms with Crippen molar-refractivity contribution in [2.24, 2.45) is 0 Å². The number of fused-ring (bicyclic) bond motifs is 2. The molecule has 0 N–H and O–H groups in total. The van der Waals surface area contributed by atoms with E-state index in [1.165, 1.54) is 0 Å². The van der Waals surface area contributed by atoms with Gasteiger partial charge in [-0.25, -0.2) is 9.48 Å². The smallest absolute Gasteiger partial charge is 0.342 e. The number of benzene rings is 4. The van der Waals surface area contributed by atoms with Crippen LogP contribution in [0.15, 0.2) is 119 Å². The lowest BCUT2D eigenvalue weighted by Gasteiger charge is -2.30. The second-order valence-corrected chi connectivity index (χ2v) is 10.0. The van der Waals surface area contributed by atoms with Crippen molar-refractivity contribution >= 4 is 46.6 Å². The normalized spacial score (nSPS) is 12.0. The Balaban J connectivity index is 1.30. The van der Waals surface area contributed by atoms with Crippen molar-refractivity contribution in [3.05, 3.63) is 120 Å². The molecule has 0 fully saturated rings. The predicted octanol–water partition coefficient (Wildman–Crippen LogP) is 7.18. The molecular weight excluding hydrogens is 518 g/mol. The fraction of sp³-hybridized carbons (Fsp3) is 0.0333. The van der Waals surface area contributed by atoms with Crippen molar-refractivity contribution in [2.75, 3.05) is 11.5 Å². The summed E-state index contributed by atoms with van der Waals surface area (Å²) in [5.74, 6) is -0.986. The molecule has 186 valence electrons. The zero-order valence-corrected chi connectivity index (χ0v) is 21.5. The topological polar surface area (TPSA) is 64.4 Å². The number of aromatic nitrogens is 2. The summed E-state index contributed by atoms with van der Waals surface area (Å²) in [6, 6.07) is 31.9. The number of carbonyl (C=O) groups is 2. The third kappa shape index (κ3) is 4.58. The monoisotopic (exact) mass is 537 g/mol. The highest BCUT2D eigenvalue weighted by Gasteiger charge is 2.29. The summed E-state index contributed by atoms with van der Waals surface area (Å²) >= 11 is 7.68. The van der Waals surface area contributed by atoms with Crippen molar-refractivity contribution < 1.29 is 14.3 Å². The van der Waals surface area contributed by atoms with Gasteiger partial charge in [-0.2, -0.15) is 5.10 Å². The Labute approximate surface area is 228 Å². The third-order valence-electron chi connectivity index (χ3n) is 6.08. The van der Waals surface area contributed by atoms with Crippen molar-refractivity contribution in [3.63, 3.8) is 0 Å². The van der Waals surface area contributed by atoms with Crippen LogP contribution in [-0.4, -0.2) is 28.3 Å². The molecule has 4 aromatic carbocycles. The summed E-state index contributed by atoms with van der Waals surface area (Å²) in [5.41, 5.74) is 3.70. The molecule has 0 unspecified atom stereocenters. The van der Waals surface area contributed by atoms with Gasteiger partial charge in [0.2, 0.25) is 0 Å². The van der Waals surface area contributed by atoms with Crippen LogP contribution in [0.25, 0.3) is 16.9 Å². The van der Waals surface area contributed by atoms with Crippen LogP contribution in [0, 0.1) is 0 Å². The summed E-state index contributed by atoms with van der Waals surface area (Å²) in [6.07, 6.45) is 1.62. The highest BCUT2D eigenvalue weighted by atomic mass is 35.5. The van der Waals surface area contributed by atoms with Crippen LogP contribution in [0.4, 0.5) is 11.4 Å². The Bertz CT molecular complexity index is 1610. The molecule has 6 nitrogen and oxygen atoms in total. The van der Waals surface area contributed by atoms with E-state index in [1.54, 1.807) is 51.8 Å². The van der Waals surface area contributed by atoms with Crippen LogP contribution in [-0.2, 0) is 9.53 Å². The van der Waals surface area contributed by atoms with E-state index in [2.05, 4.69) is 5.10 Å². The number of ether oxygens (including phenoxy) is 1. The van der Waals surface area contributed by atoms with Gasteiger partial charge in [-0.05, 0) is 48.5 Å². The van der Waals surface area contributed by atoms with Gasteiger partial charge in [-0.1, -0.05) is 78.0 Å². The van der Waals surface area contributed by atoms with Crippen LogP contribution < -0.4 is 4.90 Å². The number of para-hydroxylation sites is 3. The van der Waals surface area contributed by atoms with E-state index >= 15 is 0 Å². The van der Waals surface area contributed by atoms with Gasteiger partial charge in [-0.15, -0.1) is 0 Å². The maximum Gasteiger partial charge on any atom is 0.342 e. The number of hydrogen-bond acceptors (Lipinski definition) is 5. The molecule has 0 saturated carbocycles. The Hall–Kier alpha value is -4.33. The van der Waals surface area contributed by atoms with E-state index in [9.17, 15) is 9.59 Å². The highest BCUT2D eigenvalue weighted by Crippen LogP contribution is 2.47. The quantitative estimate of drug-likeness (QED) is 0.222. The lowest BCUT2D eigenvalue weighted by atomic mass is 10.1. The fourth-order valence-electron chi connectivity index (χ4n) is 4.30. The molecule has 5 aromatic rings. The largest absolute Gasteiger partial charge is 0.452 e. The van der Waals surface area contributed by atoms with Gasteiger partial charge in [0.25, 0.3) is 5.91 Å². The van der Waals surface area contributed by atoms with Crippen LogP contribution in [0.2, 0.25) is 5.02 Å². The van der Waals surface area contributed by atoms with Crippen LogP contribution in [0.1, 0.15) is 10.4 Å². The maximum atomic E-state index is 13.5. The molecule has 6 rings (SSSR count). The highest BCUT2D eigenvalue weighted by molar-refractivity contribution is 7.99. The Morgan fingerprint density at radius 2 is 1.39 bits per heavy atom. The van der Waals surface area contributed by atoms with Gasteiger partial charge >= 0.3 is 5.97 Å². The maximum absolute atomic E-state index is 13.5. The van der Waals surface area contributed by atoms with Gasteiger partial charge in [0.15, 0.2) is 6.61 Å². The van der Waals surface area contributed by atoms with Crippen LogP contribution in [0.3, 0.4) is 0 Å². The number of esters is 1. The van der Waals surface area contributed by atoms with Crippen molar-refractivity contribution in [1.29, 1.82) is 0 Å². The molecule has 38 heavy (non-hydrogen) atoms. The summed E-state index contributed by atoms with van der Waals surface area (Å²) in [7, 11) is 0. The third-order valence-corrected chi connectivity index (χ3v) is 7.46. The average Bonchev–Trinajstić information content (AvgIpc) is 3.41. The number of halogens is 1. The molecule has 1 aliphatic heterocycles. The van der Waals surface area contributed by atoms with Gasteiger partial charge in [-0.3, -0.25) is 9.69 Å². The standard InChI is InChI=1S/C30H20ClN3O3S/c31-21-16-14-20(15-17-21)29-23(18-33(32-29)22-8-2-1-3-9-22)30(36)37-19-28(35)34-24-10-4-6-12-26(24)38-27-13-7-5-11-25(27)34/h1-18H,19H2. The zero-order chi connectivity index (χ0) is 26.1. The fourth-order valence-corrected chi connectivity index (χ4v) is 5.48. The van der Waals surface area contributed by atoms with Gasteiger partial charge < -0.3 is 4.74 Å². The lowest BCUT2D eigenvalue weighted by Crippen LogP contribution is -2.32. The molecule has 1 aliphatic rings. The van der Waals surface area contributed by atoms with Crippen molar-refractivity contribution in [1.82, 2.24) is 9.78 Å². The van der Waals surface area contributed by atoms with Crippen molar-refractivity contribution in [2.45, 2.75) is 9.79 Å². The number of nitrogens with zero attached hydrogens (tertiary/aromatic N) is 3. The SMILES string of the molecule is O=C(OCC(=O)N1c2ccccc2Sc2ccccc21)c1cn(-c2ccccc2)nc1-c1ccc(Cl)cc1. The van der Waals surface area contributed by atoms with E-state index in [4.69, 9.17) is 16.3 Å². The number of carbonyl (C=O) groups excluding carboxylic acids is 2. The average molecular weight is 538 g/mol.